The lowest BCUT2D eigenvalue weighted by Gasteiger charge is -2.15. The Bertz CT molecular complexity index is 607. The third-order valence-electron chi connectivity index (χ3n) is 2.80. The molecule has 0 aliphatic heterocycles. The molecule has 0 N–H and O–H groups in total. The van der Waals surface area contributed by atoms with Crippen molar-refractivity contribution >= 4 is 23.2 Å². The van der Waals surface area contributed by atoms with Crippen molar-refractivity contribution in [3.8, 4) is 5.75 Å². The lowest BCUT2D eigenvalue weighted by molar-refractivity contribution is -0.160. The number of methoxy groups -OCH3 is 1. The van der Waals surface area contributed by atoms with Gasteiger partial charge in [0.05, 0.1) is 19.1 Å². The number of hydroxylamine groups is 2. The molecule has 0 bridgehead atoms. The molecule has 1 aromatic carbocycles. The highest BCUT2D eigenvalue weighted by atomic mass is 32.1. The standard InChI is InChI=1S/C15H15NO4S/c1-16(14(17)10-13-4-3-9-21-13)20-15(18)11-5-7-12(19-2)8-6-11/h3-9H,10H2,1-2H3. The van der Waals surface area contributed by atoms with Gasteiger partial charge in [-0.3, -0.25) is 4.79 Å². The second-order valence-electron chi connectivity index (χ2n) is 4.25. The number of amides is 1. The third kappa shape index (κ3) is 4.06. The molecule has 0 fully saturated rings. The van der Waals surface area contributed by atoms with Crippen LogP contribution in [0.1, 0.15) is 15.2 Å². The molecule has 2 rings (SSSR count). The monoisotopic (exact) mass is 305 g/mol. The van der Waals surface area contributed by atoms with Gasteiger partial charge in [-0.15, -0.1) is 11.3 Å². The van der Waals surface area contributed by atoms with E-state index in [1.165, 1.54) is 18.4 Å². The second-order valence-corrected chi connectivity index (χ2v) is 5.29. The number of carbonyl (C=O) groups excluding carboxylic acids is 2. The van der Waals surface area contributed by atoms with Gasteiger partial charge in [-0.05, 0) is 35.7 Å². The van der Waals surface area contributed by atoms with Gasteiger partial charge in [-0.2, -0.15) is 5.06 Å². The van der Waals surface area contributed by atoms with Crippen molar-refractivity contribution in [3.05, 3.63) is 52.2 Å². The Morgan fingerprint density at radius 1 is 1.19 bits per heavy atom. The van der Waals surface area contributed by atoms with E-state index in [-0.39, 0.29) is 12.3 Å². The quantitative estimate of drug-likeness (QED) is 0.815. The maximum atomic E-state index is 11.9. The SMILES string of the molecule is COc1ccc(C(=O)ON(C)C(=O)Cc2cccs2)cc1. The average Bonchev–Trinajstić information content (AvgIpc) is 3.00. The molecule has 0 atom stereocenters. The number of likely N-dealkylation sites (N-methyl/N-ethyl adjacent to an activating group) is 1. The Kier molecular flexibility index (Phi) is 4.94. The molecule has 0 spiro atoms. The van der Waals surface area contributed by atoms with E-state index in [2.05, 4.69) is 0 Å². The molecule has 0 aliphatic carbocycles. The maximum Gasteiger partial charge on any atom is 0.363 e. The zero-order valence-electron chi connectivity index (χ0n) is 11.7. The molecule has 6 heteroatoms. The largest absolute Gasteiger partial charge is 0.497 e. The fourth-order valence-corrected chi connectivity index (χ4v) is 2.32. The summed E-state index contributed by atoms with van der Waals surface area (Å²) >= 11 is 1.49. The Hall–Kier alpha value is -2.34. The van der Waals surface area contributed by atoms with Crippen molar-refractivity contribution < 1.29 is 19.2 Å². The lowest BCUT2D eigenvalue weighted by Crippen LogP contribution is -2.30. The van der Waals surface area contributed by atoms with E-state index in [0.29, 0.717) is 11.3 Å². The van der Waals surface area contributed by atoms with E-state index >= 15 is 0 Å². The number of ether oxygens (including phenoxy) is 1. The highest BCUT2D eigenvalue weighted by molar-refractivity contribution is 7.10. The van der Waals surface area contributed by atoms with Crippen LogP contribution >= 0.6 is 11.3 Å². The van der Waals surface area contributed by atoms with Crippen molar-refractivity contribution in [2.45, 2.75) is 6.42 Å². The molecular weight excluding hydrogens is 290 g/mol. The van der Waals surface area contributed by atoms with Crippen LogP contribution in [0.3, 0.4) is 0 Å². The molecule has 110 valence electrons. The van der Waals surface area contributed by atoms with Gasteiger partial charge in [0.15, 0.2) is 0 Å². The second kappa shape index (κ2) is 6.90. The van der Waals surface area contributed by atoms with Crippen LogP contribution in [0.2, 0.25) is 0 Å². The van der Waals surface area contributed by atoms with Gasteiger partial charge in [0.1, 0.15) is 5.75 Å². The van der Waals surface area contributed by atoms with E-state index in [9.17, 15) is 9.59 Å². The van der Waals surface area contributed by atoms with Gasteiger partial charge in [0.2, 0.25) is 0 Å². The Morgan fingerprint density at radius 3 is 2.48 bits per heavy atom. The van der Waals surface area contributed by atoms with E-state index in [1.807, 2.05) is 17.5 Å². The van der Waals surface area contributed by atoms with Crippen molar-refractivity contribution in [1.82, 2.24) is 5.06 Å². The van der Waals surface area contributed by atoms with Crippen LogP contribution in [0, 0.1) is 0 Å². The maximum absolute atomic E-state index is 11.9. The average molecular weight is 305 g/mol. The number of hydrogen-bond donors (Lipinski definition) is 0. The molecule has 2 aromatic rings. The minimum absolute atomic E-state index is 0.212. The van der Waals surface area contributed by atoms with Crippen molar-refractivity contribution in [3.63, 3.8) is 0 Å². The van der Waals surface area contributed by atoms with Crippen molar-refractivity contribution in [2.24, 2.45) is 0 Å². The van der Waals surface area contributed by atoms with E-state index in [1.54, 1.807) is 31.4 Å². The van der Waals surface area contributed by atoms with Gasteiger partial charge in [0, 0.05) is 11.9 Å². The van der Waals surface area contributed by atoms with Crippen LogP contribution < -0.4 is 4.74 Å². The topological polar surface area (TPSA) is 55.8 Å². The number of nitrogens with zero attached hydrogens (tertiary/aromatic N) is 1. The molecule has 0 saturated heterocycles. The van der Waals surface area contributed by atoms with E-state index in [0.717, 1.165) is 9.94 Å². The van der Waals surface area contributed by atoms with Gasteiger partial charge < -0.3 is 9.57 Å². The van der Waals surface area contributed by atoms with Gasteiger partial charge in [-0.1, -0.05) is 6.07 Å². The molecule has 1 amide bonds. The van der Waals surface area contributed by atoms with Crippen LogP contribution in [0.15, 0.2) is 41.8 Å². The summed E-state index contributed by atoms with van der Waals surface area (Å²) in [6.07, 6.45) is 0.212. The van der Waals surface area contributed by atoms with Crippen LogP contribution in [0.4, 0.5) is 0 Å². The summed E-state index contributed by atoms with van der Waals surface area (Å²) in [5, 5.41) is 2.86. The molecule has 0 aliphatic rings. The number of hydrogen-bond acceptors (Lipinski definition) is 5. The fraction of sp³-hybridized carbons (Fsp3) is 0.200. The van der Waals surface area contributed by atoms with Crippen LogP contribution in [0.25, 0.3) is 0 Å². The first kappa shape index (κ1) is 15.1. The molecule has 0 saturated carbocycles. The molecule has 1 aromatic heterocycles. The first-order valence-corrected chi connectivity index (χ1v) is 7.13. The number of benzene rings is 1. The number of carbonyl (C=O) groups is 2. The zero-order valence-corrected chi connectivity index (χ0v) is 12.6. The van der Waals surface area contributed by atoms with E-state index < -0.39 is 5.97 Å². The number of thiophene rings is 1. The molecule has 1 heterocycles. The van der Waals surface area contributed by atoms with Crippen LogP contribution in [-0.2, 0) is 16.1 Å². The first-order valence-electron chi connectivity index (χ1n) is 6.25. The highest BCUT2D eigenvalue weighted by Crippen LogP contribution is 2.13. The Labute approximate surface area is 126 Å². The van der Waals surface area contributed by atoms with Crippen molar-refractivity contribution in [2.75, 3.05) is 14.2 Å². The molecular formula is C15H15NO4S. The molecule has 5 nitrogen and oxygen atoms in total. The molecule has 0 radical (unpaired) electrons. The highest BCUT2D eigenvalue weighted by Gasteiger charge is 2.16. The third-order valence-corrected chi connectivity index (χ3v) is 3.68. The minimum Gasteiger partial charge on any atom is -0.497 e. The molecule has 0 unspecified atom stereocenters. The van der Waals surface area contributed by atoms with Crippen molar-refractivity contribution in [1.29, 1.82) is 0 Å². The predicted octanol–water partition coefficient (Wildman–Crippen LogP) is 2.53. The fourth-order valence-electron chi connectivity index (χ4n) is 1.63. The molecule has 21 heavy (non-hydrogen) atoms. The van der Waals surface area contributed by atoms with Gasteiger partial charge in [0.25, 0.3) is 5.91 Å². The summed E-state index contributed by atoms with van der Waals surface area (Å²) in [7, 11) is 2.97. The van der Waals surface area contributed by atoms with E-state index in [4.69, 9.17) is 9.57 Å². The van der Waals surface area contributed by atoms with Crippen LogP contribution in [0.5, 0.6) is 5.75 Å². The Morgan fingerprint density at radius 2 is 1.90 bits per heavy atom. The first-order chi connectivity index (χ1) is 10.1. The summed E-state index contributed by atoms with van der Waals surface area (Å²) in [5.41, 5.74) is 0.353. The lowest BCUT2D eigenvalue weighted by atomic mass is 10.2. The summed E-state index contributed by atoms with van der Waals surface area (Å²) in [6.45, 7) is 0. The van der Waals surface area contributed by atoms with Gasteiger partial charge >= 0.3 is 5.97 Å². The van der Waals surface area contributed by atoms with Crippen LogP contribution in [-0.4, -0.2) is 31.1 Å². The Balaban J connectivity index is 1.93. The summed E-state index contributed by atoms with van der Waals surface area (Å²) in [4.78, 5) is 29.8. The normalized spacial score (nSPS) is 10.0. The summed E-state index contributed by atoms with van der Waals surface area (Å²) in [6, 6.07) is 10.2. The smallest absolute Gasteiger partial charge is 0.363 e. The number of rotatable bonds is 4. The predicted molar refractivity (Wildman–Crippen MR) is 79.2 cm³/mol. The zero-order chi connectivity index (χ0) is 15.2. The van der Waals surface area contributed by atoms with Gasteiger partial charge in [-0.25, -0.2) is 4.79 Å². The summed E-state index contributed by atoms with van der Waals surface area (Å²) in [5.74, 6) is -0.215. The minimum atomic E-state index is -0.584. The summed E-state index contributed by atoms with van der Waals surface area (Å²) < 4.78 is 5.01.